The molecule has 5 rings (SSSR count). The van der Waals surface area contributed by atoms with Crippen LogP contribution in [0.2, 0.25) is 0 Å². The van der Waals surface area contributed by atoms with E-state index < -0.39 is 5.82 Å². The van der Waals surface area contributed by atoms with Crippen molar-refractivity contribution in [1.82, 2.24) is 19.4 Å². The van der Waals surface area contributed by atoms with E-state index in [1.807, 2.05) is 10.6 Å². The van der Waals surface area contributed by atoms with E-state index in [0.717, 1.165) is 12.1 Å². The van der Waals surface area contributed by atoms with Crippen molar-refractivity contribution in [2.45, 2.75) is 18.9 Å². The highest BCUT2D eigenvalue weighted by atomic mass is 19.1. The lowest BCUT2D eigenvalue weighted by molar-refractivity contribution is 0.0586. The summed E-state index contributed by atoms with van der Waals surface area (Å²) in [6.07, 6.45) is 4.21. The maximum atomic E-state index is 14.4. The number of nitrogens with zero attached hydrogens (tertiary/aromatic N) is 3. The fourth-order valence-electron chi connectivity index (χ4n) is 4.74. The van der Waals surface area contributed by atoms with Gasteiger partial charge in [-0.05, 0) is 36.6 Å². The van der Waals surface area contributed by atoms with Crippen LogP contribution in [0, 0.1) is 11.7 Å². The van der Waals surface area contributed by atoms with E-state index >= 15 is 0 Å². The average Bonchev–Trinajstić information content (AvgIpc) is 3.28. The van der Waals surface area contributed by atoms with Gasteiger partial charge in [-0.3, -0.25) is 9.59 Å². The first-order valence-corrected chi connectivity index (χ1v) is 9.92. The first kappa shape index (κ1) is 18.6. The Morgan fingerprint density at radius 1 is 1.23 bits per heavy atom. The molecule has 30 heavy (non-hydrogen) atoms. The van der Waals surface area contributed by atoms with E-state index in [9.17, 15) is 14.0 Å². The number of carbonyl (C=O) groups excluding carboxylic acids is 1. The number of benzene rings is 1. The van der Waals surface area contributed by atoms with E-state index in [-0.39, 0.29) is 34.6 Å². The number of amides is 1. The fraction of sp³-hybridized carbons (Fsp3) is 0.318. The smallest absolute Gasteiger partial charge is 0.261 e. The summed E-state index contributed by atoms with van der Waals surface area (Å²) in [5.74, 6) is -0.0255. The summed E-state index contributed by atoms with van der Waals surface area (Å²) in [6.45, 7) is 1.44. The number of fused-ring (bicyclic) bond motifs is 4. The van der Waals surface area contributed by atoms with Gasteiger partial charge in [0.25, 0.3) is 11.5 Å². The number of methoxy groups -OCH3 is 1. The van der Waals surface area contributed by atoms with E-state index in [1.54, 1.807) is 29.4 Å². The largest absolute Gasteiger partial charge is 0.496 e. The molecule has 0 saturated carbocycles. The van der Waals surface area contributed by atoms with E-state index in [0.29, 0.717) is 31.0 Å². The van der Waals surface area contributed by atoms with Crippen molar-refractivity contribution in [3.05, 3.63) is 70.2 Å². The lowest BCUT2D eigenvalue weighted by Gasteiger charge is -2.43. The molecule has 0 radical (unpaired) electrons. The second-order valence-electron chi connectivity index (χ2n) is 7.85. The van der Waals surface area contributed by atoms with Gasteiger partial charge in [-0.25, -0.2) is 9.37 Å². The van der Waals surface area contributed by atoms with Crippen molar-refractivity contribution in [1.29, 1.82) is 0 Å². The molecule has 7 nitrogen and oxygen atoms in total. The number of hydrogen-bond donors (Lipinski definition) is 1. The van der Waals surface area contributed by atoms with Gasteiger partial charge in [0.15, 0.2) is 0 Å². The fourth-order valence-corrected chi connectivity index (χ4v) is 4.74. The Balaban J connectivity index is 1.48. The number of H-pyrrole nitrogens is 1. The molecule has 8 heteroatoms. The number of hydrogen-bond acceptors (Lipinski definition) is 4. The van der Waals surface area contributed by atoms with Gasteiger partial charge >= 0.3 is 0 Å². The van der Waals surface area contributed by atoms with Crippen LogP contribution in [-0.4, -0.2) is 45.5 Å². The summed E-state index contributed by atoms with van der Waals surface area (Å²) in [6, 6.07) is 8.11. The third-order valence-electron chi connectivity index (χ3n) is 6.05. The van der Waals surface area contributed by atoms with Crippen LogP contribution in [-0.2, 0) is 6.54 Å². The Morgan fingerprint density at radius 3 is 2.87 bits per heavy atom. The third kappa shape index (κ3) is 2.91. The molecule has 2 bridgehead atoms. The van der Waals surface area contributed by atoms with Crippen LogP contribution < -0.4 is 10.3 Å². The molecule has 2 aliphatic rings. The quantitative estimate of drug-likeness (QED) is 0.723. The van der Waals surface area contributed by atoms with E-state index in [2.05, 4.69) is 9.97 Å². The SMILES string of the molecule is COc1cccc(F)c1C(=O)N1C[C@@H]2C[C@H](C1)c1ccc(-c3ncc[nH]3)c(=O)n1C2. The molecule has 1 fully saturated rings. The molecule has 1 aromatic carbocycles. The Labute approximate surface area is 172 Å². The lowest BCUT2D eigenvalue weighted by atomic mass is 9.82. The molecule has 2 atom stereocenters. The summed E-state index contributed by atoms with van der Waals surface area (Å²) >= 11 is 0. The summed E-state index contributed by atoms with van der Waals surface area (Å²) in [4.78, 5) is 35.1. The van der Waals surface area contributed by atoms with Gasteiger partial charge in [-0.1, -0.05) is 6.07 Å². The highest BCUT2D eigenvalue weighted by Gasteiger charge is 2.38. The van der Waals surface area contributed by atoms with Crippen LogP contribution in [0.1, 0.15) is 28.4 Å². The van der Waals surface area contributed by atoms with Gasteiger partial charge in [-0.15, -0.1) is 0 Å². The zero-order valence-electron chi connectivity index (χ0n) is 16.5. The predicted molar refractivity (Wildman–Crippen MR) is 108 cm³/mol. The number of halogens is 1. The Hall–Kier alpha value is -3.42. The minimum atomic E-state index is -0.588. The molecule has 154 valence electrons. The number of rotatable bonds is 3. The van der Waals surface area contributed by atoms with Crippen molar-refractivity contribution < 1.29 is 13.9 Å². The van der Waals surface area contributed by atoms with Crippen molar-refractivity contribution in [3.63, 3.8) is 0 Å². The molecule has 2 aromatic heterocycles. The summed E-state index contributed by atoms with van der Waals surface area (Å²) in [5.41, 5.74) is 1.33. The molecule has 0 unspecified atom stereocenters. The molecule has 2 aliphatic heterocycles. The molecule has 3 aromatic rings. The summed E-state index contributed by atoms with van der Waals surface area (Å²) in [5, 5.41) is 0. The zero-order chi connectivity index (χ0) is 20.8. The van der Waals surface area contributed by atoms with Crippen LogP contribution in [0.25, 0.3) is 11.4 Å². The number of carbonyl (C=O) groups is 1. The highest BCUT2D eigenvalue weighted by Crippen LogP contribution is 2.37. The van der Waals surface area contributed by atoms with Gasteiger partial charge in [0, 0.05) is 43.6 Å². The Kier molecular flexibility index (Phi) is 4.42. The van der Waals surface area contributed by atoms with Crippen LogP contribution in [0.15, 0.2) is 47.5 Å². The van der Waals surface area contributed by atoms with Gasteiger partial charge in [-0.2, -0.15) is 0 Å². The normalized spacial score (nSPS) is 20.0. The van der Waals surface area contributed by atoms with Gasteiger partial charge in [0.1, 0.15) is 23.0 Å². The first-order valence-electron chi connectivity index (χ1n) is 9.92. The van der Waals surface area contributed by atoms with Crippen LogP contribution in [0.4, 0.5) is 4.39 Å². The Morgan fingerprint density at radius 2 is 2.10 bits per heavy atom. The molecule has 1 amide bonds. The molecule has 0 spiro atoms. The van der Waals surface area contributed by atoms with Crippen LogP contribution in [0.3, 0.4) is 0 Å². The van der Waals surface area contributed by atoms with Gasteiger partial charge in [0.05, 0.1) is 12.7 Å². The number of pyridine rings is 1. The number of nitrogens with one attached hydrogen (secondary N) is 1. The zero-order valence-corrected chi connectivity index (χ0v) is 16.5. The van der Waals surface area contributed by atoms with Crippen molar-refractivity contribution in [2.24, 2.45) is 5.92 Å². The molecule has 1 N–H and O–H groups in total. The van der Waals surface area contributed by atoms with Crippen molar-refractivity contribution in [2.75, 3.05) is 20.2 Å². The molecule has 0 aliphatic carbocycles. The Bertz CT molecular complexity index is 1170. The highest BCUT2D eigenvalue weighted by molar-refractivity contribution is 5.97. The second kappa shape index (κ2) is 7.12. The van der Waals surface area contributed by atoms with Crippen molar-refractivity contribution in [3.8, 4) is 17.1 Å². The molecule has 4 heterocycles. The second-order valence-corrected chi connectivity index (χ2v) is 7.85. The van der Waals surface area contributed by atoms with E-state index in [4.69, 9.17) is 4.74 Å². The number of imidazole rings is 1. The average molecular weight is 408 g/mol. The minimum Gasteiger partial charge on any atom is -0.496 e. The van der Waals surface area contributed by atoms with Crippen molar-refractivity contribution >= 4 is 5.91 Å². The van der Waals surface area contributed by atoms with Gasteiger partial charge in [0.2, 0.25) is 0 Å². The molecular weight excluding hydrogens is 387 g/mol. The standard InChI is InChI=1S/C22H21FN4O3/c1-30-18-4-2-3-16(23)19(18)22(29)26-10-13-9-14(12-26)17-6-5-15(20-24-7-8-25-20)21(28)27(17)11-13/h2-8,13-14H,9-12H2,1H3,(H,24,25)/t13-,14+/m0/s1. The minimum absolute atomic E-state index is 0.0255. The number of ether oxygens (including phenoxy) is 1. The number of aromatic nitrogens is 3. The van der Waals surface area contributed by atoms with Crippen LogP contribution >= 0.6 is 0 Å². The summed E-state index contributed by atoms with van der Waals surface area (Å²) < 4.78 is 21.4. The van der Waals surface area contributed by atoms with E-state index in [1.165, 1.54) is 19.2 Å². The van der Waals surface area contributed by atoms with Crippen LogP contribution in [0.5, 0.6) is 5.75 Å². The predicted octanol–water partition coefficient (Wildman–Crippen LogP) is 2.65. The first-order chi connectivity index (χ1) is 14.6. The molecule has 1 saturated heterocycles. The van der Waals surface area contributed by atoms with Gasteiger partial charge < -0.3 is 19.2 Å². The summed E-state index contributed by atoms with van der Waals surface area (Å²) in [7, 11) is 1.43. The number of aromatic amines is 1. The number of piperidine rings is 1. The monoisotopic (exact) mass is 408 g/mol. The molecular formula is C22H21FN4O3. The number of likely N-dealkylation sites (tertiary alicyclic amines) is 1. The lowest BCUT2D eigenvalue weighted by Crippen LogP contribution is -2.49. The maximum absolute atomic E-state index is 14.4. The maximum Gasteiger partial charge on any atom is 0.261 e. The third-order valence-corrected chi connectivity index (χ3v) is 6.05. The topological polar surface area (TPSA) is 80.2 Å².